The zero-order valence-electron chi connectivity index (χ0n) is 12.8. The standard InChI is InChI=1S/C16H18N6O/c1-13(19-16(23)7-11-21-10-2-8-18-21)14-3-5-15(6-4-14)22-12-9-17-20-22/h2-6,8-10,12-13H,7,11H2,1H3,(H,19,23)/t13-/m1/s1. The number of amides is 1. The van der Waals surface area contributed by atoms with E-state index in [0.29, 0.717) is 13.0 Å². The predicted octanol–water partition coefficient (Wildman–Crippen LogP) is 1.73. The third-order valence-corrected chi connectivity index (χ3v) is 3.58. The highest BCUT2D eigenvalue weighted by atomic mass is 16.1. The van der Waals surface area contributed by atoms with Crippen molar-refractivity contribution < 1.29 is 4.79 Å². The summed E-state index contributed by atoms with van der Waals surface area (Å²) in [5.74, 6) is 0.00773. The number of rotatable bonds is 6. The molecule has 0 aliphatic heterocycles. The van der Waals surface area contributed by atoms with Gasteiger partial charge in [-0.1, -0.05) is 17.3 Å². The van der Waals surface area contributed by atoms with Crippen LogP contribution in [0.3, 0.4) is 0 Å². The van der Waals surface area contributed by atoms with Crippen molar-refractivity contribution in [1.82, 2.24) is 30.1 Å². The van der Waals surface area contributed by atoms with Gasteiger partial charge in [-0.2, -0.15) is 5.10 Å². The van der Waals surface area contributed by atoms with Gasteiger partial charge in [-0.3, -0.25) is 9.48 Å². The van der Waals surface area contributed by atoms with Gasteiger partial charge >= 0.3 is 0 Å². The molecule has 7 heteroatoms. The van der Waals surface area contributed by atoms with Gasteiger partial charge < -0.3 is 5.32 Å². The highest BCUT2D eigenvalue weighted by Gasteiger charge is 2.10. The molecule has 0 bridgehead atoms. The van der Waals surface area contributed by atoms with Crippen LogP contribution in [-0.2, 0) is 11.3 Å². The van der Waals surface area contributed by atoms with Crippen molar-refractivity contribution in [2.45, 2.75) is 25.9 Å². The number of carbonyl (C=O) groups excluding carboxylic acids is 1. The Morgan fingerprint density at radius 2 is 2.04 bits per heavy atom. The smallest absolute Gasteiger partial charge is 0.222 e. The van der Waals surface area contributed by atoms with Gasteiger partial charge in [0.2, 0.25) is 5.91 Å². The van der Waals surface area contributed by atoms with Crippen molar-refractivity contribution in [3.63, 3.8) is 0 Å². The lowest BCUT2D eigenvalue weighted by Crippen LogP contribution is -2.27. The average molecular weight is 310 g/mol. The molecule has 2 aromatic heterocycles. The number of carbonyl (C=O) groups is 1. The van der Waals surface area contributed by atoms with Crippen LogP contribution < -0.4 is 5.32 Å². The van der Waals surface area contributed by atoms with Crippen molar-refractivity contribution >= 4 is 5.91 Å². The van der Waals surface area contributed by atoms with Crippen LogP contribution in [0.2, 0.25) is 0 Å². The molecule has 3 rings (SSSR count). The summed E-state index contributed by atoms with van der Waals surface area (Å²) in [6.07, 6.45) is 7.38. The molecule has 0 aliphatic carbocycles. The van der Waals surface area contributed by atoms with Crippen LogP contribution in [0.25, 0.3) is 5.69 Å². The molecule has 0 fully saturated rings. The molecule has 0 saturated heterocycles. The molecular weight excluding hydrogens is 292 g/mol. The highest BCUT2D eigenvalue weighted by Crippen LogP contribution is 2.15. The summed E-state index contributed by atoms with van der Waals surface area (Å²) in [7, 11) is 0. The van der Waals surface area contributed by atoms with Crippen molar-refractivity contribution in [2.75, 3.05) is 0 Å². The van der Waals surface area contributed by atoms with Gasteiger partial charge in [0.25, 0.3) is 0 Å². The number of nitrogens with zero attached hydrogens (tertiary/aromatic N) is 5. The molecule has 0 aliphatic rings. The van der Waals surface area contributed by atoms with Gasteiger partial charge in [0.15, 0.2) is 0 Å². The van der Waals surface area contributed by atoms with E-state index in [2.05, 4.69) is 20.7 Å². The Hall–Kier alpha value is -2.96. The van der Waals surface area contributed by atoms with E-state index in [4.69, 9.17) is 0 Å². The lowest BCUT2D eigenvalue weighted by molar-refractivity contribution is -0.122. The SMILES string of the molecule is C[C@@H](NC(=O)CCn1cccn1)c1ccc(-n2ccnn2)cc1. The van der Waals surface area contributed by atoms with Crippen LogP contribution in [0.4, 0.5) is 0 Å². The summed E-state index contributed by atoms with van der Waals surface area (Å²) in [6, 6.07) is 9.67. The normalized spacial score (nSPS) is 12.0. The molecular formula is C16H18N6O. The molecule has 1 aromatic carbocycles. The molecule has 1 N–H and O–H groups in total. The topological polar surface area (TPSA) is 77.6 Å². The van der Waals surface area contributed by atoms with Crippen LogP contribution in [0.1, 0.15) is 24.9 Å². The molecule has 0 unspecified atom stereocenters. The van der Waals surface area contributed by atoms with Gasteiger partial charge in [-0.25, -0.2) is 4.68 Å². The Morgan fingerprint density at radius 1 is 1.22 bits per heavy atom. The quantitative estimate of drug-likeness (QED) is 0.752. The van der Waals surface area contributed by atoms with Crippen LogP contribution in [-0.4, -0.2) is 30.7 Å². The van der Waals surface area contributed by atoms with Crippen LogP contribution in [0.5, 0.6) is 0 Å². The molecule has 3 aromatic rings. The number of nitrogens with one attached hydrogen (secondary N) is 1. The summed E-state index contributed by atoms with van der Waals surface area (Å²) in [5.41, 5.74) is 1.98. The molecule has 118 valence electrons. The first-order chi connectivity index (χ1) is 11.2. The fourth-order valence-corrected chi connectivity index (χ4v) is 2.31. The molecule has 2 heterocycles. The Bertz CT molecular complexity index is 733. The van der Waals surface area contributed by atoms with Gasteiger partial charge in [0, 0.05) is 25.4 Å². The fourth-order valence-electron chi connectivity index (χ4n) is 2.31. The Kier molecular flexibility index (Phi) is 4.46. The first-order valence-corrected chi connectivity index (χ1v) is 7.46. The van der Waals surface area contributed by atoms with Gasteiger partial charge in [0.05, 0.1) is 24.1 Å². The summed E-state index contributed by atoms with van der Waals surface area (Å²) in [5, 5.41) is 14.8. The first kappa shape index (κ1) is 15.0. The van der Waals surface area contributed by atoms with E-state index in [1.54, 1.807) is 28.0 Å². The fraction of sp³-hybridized carbons (Fsp3) is 0.250. The Morgan fingerprint density at radius 3 is 2.70 bits per heavy atom. The van der Waals surface area contributed by atoms with E-state index in [-0.39, 0.29) is 11.9 Å². The second-order valence-corrected chi connectivity index (χ2v) is 5.25. The number of hydrogen-bond acceptors (Lipinski definition) is 4. The third-order valence-electron chi connectivity index (χ3n) is 3.58. The minimum atomic E-state index is -0.0510. The maximum atomic E-state index is 12.0. The Balaban J connectivity index is 1.55. The van der Waals surface area contributed by atoms with Crippen LogP contribution in [0.15, 0.2) is 55.1 Å². The Labute approximate surface area is 133 Å². The number of hydrogen-bond donors (Lipinski definition) is 1. The summed E-state index contributed by atoms with van der Waals surface area (Å²) in [4.78, 5) is 12.0. The van der Waals surface area contributed by atoms with Crippen molar-refractivity contribution in [3.05, 3.63) is 60.7 Å². The van der Waals surface area contributed by atoms with Gasteiger partial charge in [-0.05, 0) is 30.7 Å². The minimum absolute atomic E-state index is 0.00773. The van der Waals surface area contributed by atoms with E-state index in [1.165, 1.54) is 0 Å². The van der Waals surface area contributed by atoms with E-state index in [9.17, 15) is 4.79 Å². The predicted molar refractivity (Wildman–Crippen MR) is 84.8 cm³/mol. The molecule has 0 spiro atoms. The molecule has 1 atom stereocenters. The van der Waals surface area contributed by atoms with Crippen molar-refractivity contribution in [3.8, 4) is 5.69 Å². The lowest BCUT2D eigenvalue weighted by atomic mass is 10.1. The molecule has 0 saturated carbocycles. The summed E-state index contributed by atoms with van der Waals surface area (Å²) >= 11 is 0. The first-order valence-electron chi connectivity index (χ1n) is 7.46. The maximum absolute atomic E-state index is 12.0. The summed E-state index contributed by atoms with van der Waals surface area (Å²) < 4.78 is 3.44. The zero-order valence-corrected chi connectivity index (χ0v) is 12.8. The van der Waals surface area contributed by atoms with Crippen LogP contribution >= 0.6 is 0 Å². The third kappa shape index (κ3) is 3.82. The molecule has 23 heavy (non-hydrogen) atoms. The second-order valence-electron chi connectivity index (χ2n) is 5.25. The molecule has 1 amide bonds. The number of aromatic nitrogens is 5. The molecule has 7 nitrogen and oxygen atoms in total. The van der Waals surface area contributed by atoms with E-state index >= 15 is 0 Å². The van der Waals surface area contributed by atoms with E-state index in [0.717, 1.165) is 11.3 Å². The van der Waals surface area contributed by atoms with Gasteiger partial charge in [-0.15, -0.1) is 5.10 Å². The lowest BCUT2D eigenvalue weighted by Gasteiger charge is -2.15. The minimum Gasteiger partial charge on any atom is -0.350 e. The summed E-state index contributed by atoms with van der Waals surface area (Å²) in [6.45, 7) is 2.55. The zero-order chi connectivity index (χ0) is 16.1. The van der Waals surface area contributed by atoms with E-state index < -0.39 is 0 Å². The average Bonchev–Trinajstić information content (AvgIpc) is 3.26. The molecule has 0 radical (unpaired) electrons. The van der Waals surface area contributed by atoms with Crippen molar-refractivity contribution in [2.24, 2.45) is 0 Å². The second kappa shape index (κ2) is 6.87. The van der Waals surface area contributed by atoms with Crippen molar-refractivity contribution in [1.29, 1.82) is 0 Å². The largest absolute Gasteiger partial charge is 0.350 e. The van der Waals surface area contributed by atoms with Crippen LogP contribution in [0, 0.1) is 0 Å². The monoisotopic (exact) mass is 310 g/mol. The van der Waals surface area contributed by atoms with E-state index in [1.807, 2.05) is 43.5 Å². The highest BCUT2D eigenvalue weighted by molar-refractivity contribution is 5.76. The number of benzene rings is 1. The number of aryl methyl sites for hydroxylation is 1. The maximum Gasteiger partial charge on any atom is 0.222 e. The van der Waals surface area contributed by atoms with Gasteiger partial charge in [0.1, 0.15) is 0 Å².